The van der Waals surface area contributed by atoms with Gasteiger partial charge in [0.05, 0.1) is 4.90 Å². The molecule has 1 unspecified atom stereocenters. The fraction of sp³-hybridized carbons (Fsp3) is 0.455. The van der Waals surface area contributed by atoms with E-state index in [4.69, 9.17) is 5.73 Å². The molecule has 0 aliphatic carbocycles. The van der Waals surface area contributed by atoms with Gasteiger partial charge in [0.15, 0.2) is 0 Å². The number of hydrogen-bond acceptors (Lipinski definition) is 3. The van der Waals surface area contributed by atoms with Gasteiger partial charge >= 0.3 is 0 Å². The predicted molar refractivity (Wildman–Crippen MR) is 64.5 cm³/mol. The van der Waals surface area contributed by atoms with Crippen molar-refractivity contribution in [3.8, 4) is 0 Å². The van der Waals surface area contributed by atoms with Gasteiger partial charge in [0.2, 0.25) is 10.0 Å². The van der Waals surface area contributed by atoms with E-state index in [2.05, 4.69) is 0 Å². The molecule has 1 aromatic carbocycles. The lowest BCUT2D eigenvalue weighted by molar-refractivity contribution is 0.446. The predicted octanol–water partition coefficient (Wildman–Crippen LogP) is 1.04. The second kappa shape index (κ2) is 5.43. The highest BCUT2D eigenvalue weighted by atomic mass is 32.2. The quantitative estimate of drug-likeness (QED) is 0.839. The van der Waals surface area contributed by atoms with Crippen LogP contribution >= 0.6 is 0 Å². The van der Waals surface area contributed by atoms with Gasteiger partial charge < -0.3 is 5.73 Å². The second-order valence-corrected chi connectivity index (χ2v) is 5.95. The third-order valence-corrected chi connectivity index (χ3v) is 4.22. The molecule has 0 aliphatic rings. The van der Waals surface area contributed by atoms with E-state index in [1.165, 1.54) is 4.31 Å². The molecule has 0 saturated carbocycles. The highest BCUT2D eigenvalue weighted by Gasteiger charge is 2.19. The molecule has 1 rings (SSSR count). The number of benzene rings is 1. The van der Waals surface area contributed by atoms with Crippen LogP contribution in [0.1, 0.15) is 13.3 Å². The Morgan fingerprint density at radius 1 is 1.31 bits per heavy atom. The zero-order chi connectivity index (χ0) is 12.2. The Labute approximate surface area is 97.1 Å². The van der Waals surface area contributed by atoms with Gasteiger partial charge in [-0.2, -0.15) is 0 Å². The van der Waals surface area contributed by atoms with E-state index >= 15 is 0 Å². The maximum atomic E-state index is 12.0. The number of hydrogen-bond donors (Lipinski definition) is 1. The van der Waals surface area contributed by atoms with E-state index in [1.54, 1.807) is 37.4 Å². The summed E-state index contributed by atoms with van der Waals surface area (Å²) >= 11 is 0. The molecule has 0 aromatic heterocycles. The average molecular weight is 242 g/mol. The Morgan fingerprint density at radius 2 is 1.88 bits per heavy atom. The van der Waals surface area contributed by atoms with Crippen molar-refractivity contribution in [2.45, 2.75) is 24.3 Å². The highest BCUT2D eigenvalue weighted by Crippen LogP contribution is 2.13. The average Bonchev–Trinajstić information content (AvgIpc) is 2.27. The minimum absolute atomic E-state index is 0.00780. The molecule has 0 bridgehead atoms. The fourth-order valence-electron chi connectivity index (χ4n) is 1.28. The summed E-state index contributed by atoms with van der Waals surface area (Å²) in [4.78, 5) is 0.321. The summed E-state index contributed by atoms with van der Waals surface area (Å²) in [7, 11) is -1.78. The Morgan fingerprint density at radius 3 is 2.38 bits per heavy atom. The van der Waals surface area contributed by atoms with Crippen molar-refractivity contribution >= 4 is 10.0 Å². The first-order chi connectivity index (χ1) is 7.44. The largest absolute Gasteiger partial charge is 0.328 e. The Balaban J connectivity index is 2.79. The molecule has 0 radical (unpaired) electrons. The van der Waals surface area contributed by atoms with E-state index in [0.29, 0.717) is 17.9 Å². The normalized spacial score (nSPS) is 14.0. The fourth-order valence-corrected chi connectivity index (χ4v) is 2.48. The van der Waals surface area contributed by atoms with Gasteiger partial charge in [0.1, 0.15) is 0 Å². The first kappa shape index (κ1) is 13.2. The second-order valence-electron chi connectivity index (χ2n) is 3.91. The minimum Gasteiger partial charge on any atom is -0.328 e. The maximum absolute atomic E-state index is 12.0. The molecule has 4 nitrogen and oxygen atoms in total. The van der Waals surface area contributed by atoms with Crippen molar-refractivity contribution in [2.75, 3.05) is 13.6 Å². The van der Waals surface area contributed by atoms with Crippen LogP contribution in [0.4, 0.5) is 0 Å². The summed E-state index contributed by atoms with van der Waals surface area (Å²) in [6.07, 6.45) is 0.655. The lowest BCUT2D eigenvalue weighted by atomic mass is 10.2. The molecular weight excluding hydrogens is 224 g/mol. The van der Waals surface area contributed by atoms with Crippen molar-refractivity contribution in [3.63, 3.8) is 0 Å². The maximum Gasteiger partial charge on any atom is 0.242 e. The molecular formula is C11H18N2O2S. The molecule has 16 heavy (non-hydrogen) atoms. The monoisotopic (exact) mass is 242 g/mol. The molecule has 1 aromatic rings. The molecule has 0 spiro atoms. The van der Waals surface area contributed by atoms with E-state index < -0.39 is 10.0 Å². The summed E-state index contributed by atoms with van der Waals surface area (Å²) < 4.78 is 25.4. The van der Waals surface area contributed by atoms with Gasteiger partial charge in [0, 0.05) is 19.6 Å². The smallest absolute Gasteiger partial charge is 0.242 e. The number of nitrogens with zero attached hydrogens (tertiary/aromatic N) is 1. The van der Waals surface area contributed by atoms with Crippen LogP contribution in [0, 0.1) is 0 Å². The molecule has 5 heteroatoms. The zero-order valence-corrected chi connectivity index (χ0v) is 10.4. The molecule has 0 saturated heterocycles. The Bertz CT molecular complexity index is 415. The molecule has 0 amide bonds. The van der Waals surface area contributed by atoms with Crippen molar-refractivity contribution < 1.29 is 8.42 Å². The van der Waals surface area contributed by atoms with E-state index in [-0.39, 0.29) is 6.04 Å². The summed E-state index contributed by atoms with van der Waals surface area (Å²) in [6, 6.07) is 8.42. The third kappa shape index (κ3) is 3.30. The number of sulfonamides is 1. The van der Waals surface area contributed by atoms with E-state index in [1.807, 2.05) is 6.92 Å². The SMILES string of the molecule is CC(N)CCN(C)S(=O)(=O)c1ccccc1. The standard InChI is InChI=1S/C11H18N2O2S/c1-10(12)8-9-13(2)16(14,15)11-6-4-3-5-7-11/h3-7,10H,8-9,12H2,1-2H3. The van der Waals surface area contributed by atoms with Gasteiger partial charge in [0.25, 0.3) is 0 Å². The van der Waals surface area contributed by atoms with Crippen LogP contribution < -0.4 is 5.73 Å². The van der Waals surface area contributed by atoms with Gasteiger partial charge in [-0.3, -0.25) is 0 Å². The Hall–Kier alpha value is -0.910. The summed E-state index contributed by atoms with van der Waals surface area (Å²) in [5.41, 5.74) is 5.60. The van der Waals surface area contributed by atoms with Crippen LogP contribution in [-0.4, -0.2) is 32.4 Å². The zero-order valence-electron chi connectivity index (χ0n) is 9.63. The van der Waals surface area contributed by atoms with Crippen LogP contribution in [-0.2, 0) is 10.0 Å². The molecule has 0 heterocycles. The van der Waals surface area contributed by atoms with Crippen LogP contribution in [0.5, 0.6) is 0 Å². The van der Waals surface area contributed by atoms with Crippen molar-refractivity contribution in [3.05, 3.63) is 30.3 Å². The topological polar surface area (TPSA) is 63.4 Å². The molecule has 2 N–H and O–H groups in total. The molecule has 90 valence electrons. The van der Waals surface area contributed by atoms with Gasteiger partial charge in [-0.15, -0.1) is 0 Å². The first-order valence-electron chi connectivity index (χ1n) is 5.21. The van der Waals surface area contributed by atoms with E-state index in [9.17, 15) is 8.42 Å². The van der Waals surface area contributed by atoms with Crippen molar-refractivity contribution in [2.24, 2.45) is 5.73 Å². The molecule has 0 fully saturated rings. The van der Waals surface area contributed by atoms with Crippen LogP contribution in [0.2, 0.25) is 0 Å². The highest BCUT2D eigenvalue weighted by molar-refractivity contribution is 7.89. The summed E-state index contributed by atoms with van der Waals surface area (Å²) in [5, 5.41) is 0. The summed E-state index contributed by atoms with van der Waals surface area (Å²) in [5.74, 6) is 0. The van der Waals surface area contributed by atoms with Crippen LogP contribution in [0.15, 0.2) is 35.2 Å². The first-order valence-corrected chi connectivity index (χ1v) is 6.65. The number of nitrogens with two attached hydrogens (primary N) is 1. The van der Waals surface area contributed by atoms with Gasteiger partial charge in [-0.25, -0.2) is 12.7 Å². The van der Waals surface area contributed by atoms with Crippen LogP contribution in [0.25, 0.3) is 0 Å². The molecule has 0 aliphatic heterocycles. The lowest BCUT2D eigenvalue weighted by Crippen LogP contribution is -2.31. The minimum atomic E-state index is -3.36. The van der Waals surface area contributed by atoms with Gasteiger partial charge in [-0.1, -0.05) is 18.2 Å². The van der Waals surface area contributed by atoms with Crippen molar-refractivity contribution in [1.82, 2.24) is 4.31 Å². The van der Waals surface area contributed by atoms with E-state index in [0.717, 1.165) is 0 Å². The summed E-state index contributed by atoms with van der Waals surface area (Å²) in [6.45, 7) is 2.30. The number of rotatable bonds is 5. The lowest BCUT2D eigenvalue weighted by Gasteiger charge is -2.18. The van der Waals surface area contributed by atoms with Crippen molar-refractivity contribution in [1.29, 1.82) is 0 Å². The Kier molecular flexibility index (Phi) is 4.46. The van der Waals surface area contributed by atoms with Gasteiger partial charge in [-0.05, 0) is 25.5 Å². The molecule has 1 atom stereocenters. The van der Waals surface area contributed by atoms with Crippen LogP contribution in [0.3, 0.4) is 0 Å². The third-order valence-electron chi connectivity index (χ3n) is 2.35.